The highest BCUT2D eigenvalue weighted by Crippen LogP contribution is 2.33. The van der Waals surface area contributed by atoms with Crippen molar-refractivity contribution in [3.63, 3.8) is 0 Å². The van der Waals surface area contributed by atoms with Gasteiger partial charge in [0.05, 0.1) is 18.3 Å². The Morgan fingerprint density at radius 1 is 1.38 bits per heavy atom. The van der Waals surface area contributed by atoms with Crippen molar-refractivity contribution in [1.29, 1.82) is 0 Å². The van der Waals surface area contributed by atoms with Gasteiger partial charge in [-0.25, -0.2) is 8.42 Å². The van der Waals surface area contributed by atoms with E-state index >= 15 is 0 Å². The number of methoxy groups -OCH3 is 1. The van der Waals surface area contributed by atoms with Crippen LogP contribution in [0, 0.1) is 12.8 Å². The average Bonchev–Trinajstić information content (AvgIpc) is 2.92. The maximum absolute atomic E-state index is 12.5. The summed E-state index contributed by atoms with van der Waals surface area (Å²) in [6, 6.07) is 5.25. The van der Waals surface area contributed by atoms with Crippen molar-refractivity contribution in [1.82, 2.24) is 0 Å². The van der Waals surface area contributed by atoms with Crippen molar-refractivity contribution >= 4 is 37.6 Å². The highest BCUT2D eigenvalue weighted by Gasteiger charge is 2.42. The molecule has 0 saturated heterocycles. The Kier molecular flexibility index (Phi) is 4.93. The predicted octanol–water partition coefficient (Wildman–Crippen LogP) is 2.84. The third-order valence-electron chi connectivity index (χ3n) is 3.79. The number of hydrogen-bond donors (Lipinski definition) is 1. The molecule has 7 heteroatoms. The van der Waals surface area contributed by atoms with Gasteiger partial charge in [0.25, 0.3) is 0 Å². The van der Waals surface area contributed by atoms with Crippen molar-refractivity contribution in [3.05, 3.63) is 28.2 Å². The lowest BCUT2D eigenvalue weighted by atomic mass is 10.1. The normalized spacial score (nSPS) is 22.0. The third kappa shape index (κ3) is 3.58. The Morgan fingerprint density at radius 2 is 2.10 bits per heavy atom. The Hall–Kier alpha value is -1.08. The summed E-state index contributed by atoms with van der Waals surface area (Å²) in [4.78, 5) is 11.7. The molecule has 1 aromatic carbocycles. The molecule has 1 aromatic rings. The van der Waals surface area contributed by atoms with Crippen LogP contribution in [0.25, 0.3) is 0 Å². The molecule has 1 aliphatic rings. The molecule has 0 amide bonds. The number of sulfonamides is 1. The number of carbonyl (C=O) groups excluding carboxylic acids is 1. The summed E-state index contributed by atoms with van der Waals surface area (Å²) in [6.07, 6.45) is 1.74. The minimum Gasteiger partial charge on any atom is -0.469 e. The highest BCUT2D eigenvalue weighted by molar-refractivity contribution is 9.10. The smallest absolute Gasteiger partial charge is 0.310 e. The molecule has 2 atom stereocenters. The first-order valence-corrected chi connectivity index (χ1v) is 9.04. The zero-order valence-corrected chi connectivity index (χ0v) is 14.3. The second-order valence-electron chi connectivity index (χ2n) is 5.21. The van der Waals surface area contributed by atoms with Crippen molar-refractivity contribution in [3.8, 4) is 0 Å². The summed E-state index contributed by atoms with van der Waals surface area (Å²) in [5, 5.41) is -0.731. The van der Waals surface area contributed by atoms with Gasteiger partial charge in [-0.3, -0.25) is 9.52 Å². The molecular formula is C14H18BrNO4S. The standard InChI is InChI=1S/C14H18BrNO4S/c1-9-6-7-10(8-12(9)15)16-21(18,19)13-5-3-4-11(13)14(17)20-2/h6-8,11,13,16H,3-5H2,1-2H3. The fourth-order valence-corrected chi connectivity index (χ4v) is 4.76. The van der Waals surface area contributed by atoms with Crippen LogP contribution >= 0.6 is 15.9 Å². The first-order chi connectivity index (χ1) is 9.85. The van der Waals surface area contributed by atoms with Gasteiger partial charge in [-0.15, -0.1) is 0 Å². The number of anilines is 1. The second kappa shape index (κ2) is 6.36. The summed E-state index contributed by atoms with van der Waals surface area (Å²) in [7, 11) is -2.33. The lowest BCUT2D eigenvalue weighted by molar-refractivity contribution is -0.145. The molecule has 5 nitrogen and oxygen atoms in total. The zero-order valence-electron chi connectivity index (χ0n) is 11.9. The SMILES string of the molecule is COC(=O)C1CCCC1S(=O)(=O)Nc1ccc(C)c(Br)c1. The van der Waals surface area contributed by atoms with E-state index in [1.54, 1.807) is 12.1 Å². The van der Waals surface area contributed by atoms with E-state index in [1.165, 1.54) is 7.11 Å². The minimum atomic E-state index is -3.62. The summed E-state index contributed by atoms with van der Waals surface area (Å²) >= 11 is 3.37. The maximum atomic E-state index is 12.5. The molecule has 2 unspecified atom stereocenters. The van der Waals surface area contributed by atoms with E-state index < -0.39 is 27.2 Å². The molecular weight excluding hydrogens is 358 g/mol. The maximum Gasteiger partial charge on any atom is 0.310 e. The van der Waals surface area contributed by atoms with Gasteiger partial charge in [0, 0.05) is 10.2 Å². The first kappa shape index (κ1) is 16.3. The van der Waals surface area contributed by atoms with Gasteiger partial charge in [-0.05, 0) is 37.5 Å². The fraction of sp³-hybridized carbons (Fsp3) is 0.500. The summed E-state index contributed by atoms with van der Waals surface area (Å²) in [5.74, 6) is -1.03. The van der Waals surface area contributed by atoms with Crippen LogP contribution in [-0.2, 0) is 19.6 Å². The molecule has 0 heterocycles. The van der Waals surface area contributed by atoms with Gasteiger partial charge in [0.2, 0.25) is 10.0 Å². The second-order valence-corrected chi connectivity index (χ2v) is 7.96. The average molecular weight is 376 g/mol. The van der Waals surface area contributed by atoms with Crippen molar-refractivity contribution in [2.24, 2.45) is 5.92 Å². The van der Waals surface area contributed by atoms with E-state index in [0.29, 0.717) is 24.9 Å². The van der Waals surface area contributed by atoms with Gasteiger partial charge < -0.3 is 4.74 Å². The molecule has 0 radical (unpaired) electrons. The molecule has 2 rings (SSSR count). The molecule has 0 aromatic heterocycles. The molecule has 1 aliphatic carbocycles. The van der Waals surface area contributed by atoms with Crippen molar-refractivity contribution in [2.45, 2.75) is 31.4 Å². The van der Waals surface area contributed by atoms with Gasteiger partial charge >= 0.3 is 5.97 Å². The number of ether oxygens (including phenoxy) is 1. The molecule has 1 saturated carbocycles. The van der Waals surface area contributed by atoms with Crippen LogP contribution in [0.4, 0.5) is 5.69 Å². The van der Waals surface area contributed by atoms with Gasteiger partial charge in [0.1, 0.15) is 0 Å². The number of aryl methyl sites for hydroxylation is 1. The van der Waals surface area contributed by atoms with Crippen molar-refractivity contribution in [2.75, 3.05) is 11.8 Å². The van der Waals surface area contributed by atoms with Crippen LogP contribution in [0.3, 0.4) is 0 Å². The number of carbonyl (C=O) groups is 1. The number of rotatable bonds is 4. The van der Waals surface area contributed by atoms with Gasteiger partial charge in [-0.1, -0.05) is 28.4 Å². The lowest BCUT2D eigenvalue weighted by Gasteiger charge is -2.19. The van der Waals surface area contributed by atoms with E-state index in [1.807, 2.05) is 13.0 Å². The predicted molar refractivity (Wildman–Crippen MR) is 84.6 cm³/mol. The van der Waals surface area contributed by atoms with Crippen LogP contribution < -0.4 is 4.72 Å². The fourth-order valence-electron chi connectivity index (χ4n) is 2.61. The van der Waals surface area contributed by atoms with Crippen LogP contribution in [-0.4, -0.2) is 26.7 Å². The Balaban J connectivity index is 2.21. The molecule has 1 fully saturated rings. The van der Waals surface area contributed by atoms with Crippen LogP contribution in [0.15, 0.2) is 22.7 Å². The molecule has 21 heavy (non-hydrogen) atoms. The summed E-state index contributed by atoms with van der Waals surface area (Å²) < 4.78 is 33.1. The Bertz CT molecular complexity index is 644. The van der Waals surface area contributed by atoms with E-state index in [2.05, 4.69) is 20.7 Å². The van der Waals surface area contributed by atoms with Crippen LogP contribution in [0.1, 0.15) is 24.8 Å². The van der Waals surface area contributed by atoms with Crippen molar-refractivity contribution < 1.29 is 17.9 Å². The summed E-state index contributed by atoms with van der Waals surface area (Å²) in [6.45, 7) is 1.92. The third-order valence-corrected chi connectivity index (χ3v) is 6.52. The van der Waals surface area contributed by atoms with E-state index in [4.69, 9.17) is 4.74 Å². The monoisotopic (exact) mass is 375 g/mol. The number of halogens is 1. The van der Waals surface area contributed by atoms with Crippen LogP contribution in [0.5, 0.6) is 0 Å². The first-order valence-electron chi connectivity index (χ1n) is 6.71. The number of nitrogens with one attached hydrogen (secondary N) is 1. The zero-order chi connectivity index (χ0) is 15.6. The van der Waals surface area contributed by atoms with Crippen LogP contribution in [0.2, 0.25) is 0 Å². The van der Waals surface area contributed by atoms with E-state index in [9.17, 15) is 13.2 Å². The van der Waals surface area contributed by atoms with Gasteiger partial charge in [0.15, 0.2) is 0 Å². The quantitative estimate of drug-likeness (QED) is 0.821. The van der Waals surface area contributed by atoms with Gasteiger partial charge in [-0.2, -0.15) is 0 Å². The highest BCUT2D eigenvalue weighted by atomic mass is 79.9. The number of benzene rings is 1. The molecule has 0 bridgehead atoms. The molecule has 0 aliphatic heterocycles. The minimum absolute atomic E-state index is 0.451. The molecule has 116 valence electrons. The number of esters is 1. The Labute approximate surface area is 133 Å². The lowest BCUT2D eigenvalue weighted by Crippen LogP contribution is -2.35. The summed E-state index contributed by atoms with van der Waals surface area (Å²) in [5.41, 5.74) is 1.51. The number of hydrogen-bond acceptors (Lipinski definition) is 4. The molecule has 1 N–H and O–H groups in total. The largest absolute Gasteiger partial charge is 0.469 e. The molecule has 0 spiro atoms. The van der Waals surface area contributed by atoms with E-state index in [-0.39, 0.29) is 0 Å². The van der Waals surface area contributed by atoms with E-state index in [0.717, 1.165) is 10.0 Å². The Morgan fingerprint density at radius 3 is 2.71 bits per heavy atom. The topological polar surface area (TPSA) is 72.5 Å².